The normalized spacial score (nSPS) is 12.4. The van der Waals surface area contributed by atoms with Crippen molar-refractivity contribution in [2.75, 3.05) is 18.6 Å². The Morgan fingerprint density at radius 2 is 1.90 bits per heavy atom. The average Bonchev–Trinajstić information content (AvgIpc) is 2.34. The number of hydrogen-bond acceptors (Lipinski definition) is 6. The van der Waals surface area contributed by atoms with Crippen LogP contribution in [0, 0.1) is 0 Å². The van der Waals surface area contributed by atoms with Gasteiger partial charge in [0.2, 0.25) is 0 Å². The number of esters is 1. The molecule has 0 aliphatic carbocycles. The summed E-state index contributed by atoms with van der Waals surface area (Å²) in [6, 6.07) is -1.03. The first-order valence-corrected chi connectivity index (χ1v) is 7.68. The van der Waals surface area contributed by atoms with Gasteiger partial charge in [0.15, 0.2) is 0 Å². The molecule has 0 aliphatic heterocycles. The Kier molecular flexibility index (Phi) is 8.84. The highest BCUT2D eigenvalue weighted by molar-refractivity contribution is 7.99. The summed E-state index contributed by atoms with van der Waals surface area (Å²) in [6.45, 7) is 5.09. The zero-order valence-corrected chi connectivity index (χ0v) is 13.6. The van der Waals surface area contributed by atoms with E-state index < -0.39 is 23.7 Å². The van der Waals surface area contributed by atoms with Crippen molar-refractivity contribution in [3.8, 4) is 0 Å². The van der Waals surface area contributed by atoms with Gasteiger partial charge in [-0.25, -0.2) is 9.59 Å². The van der Waals surface area contributed by atoms with Crippen LogP contribution >= 0.6 is 11.8 Å². The number of carbonyl (C=O) groups excluding carboxylic acids is 2. The van der Waals surface area contributed by atoms with E-state index >= 15 is 0 Å². The molecule has 0 aliphatic rings. The highest BCUT2D eigenvalue weighted by Crippen LogP contribution is 2.10. The number of thioether (sulfide) groups is 1. The number of ether oxygens (including phenoxy) is 2. The van der Waals surface area contributed by atoms with Crippen molar-refractivity contribution in [2.45, 2.75) is 45.3 Å². The first-order valence-electron chi connectivity index (χ1n) is 6.52. The van der Waals surface area contributed by atoms with E-state index in [0.717, 1.165) is 0 Å². The number of hydrogen-bond donors (Lipinski definition) is 2. The van der Waals surface area contributed by atoms with E-state index in [2.05, 4.69) is 10.1 Å². The molecule has 0 aromatic carbocycles. The number of alkyl carbamates (subject to hydrolysis) is 1. The lowest BCUT2D eigenvalue weighted by Gasteiger charge is -2.21. The zero-order chi connectivity index (χ0) is 16.5. The Bertz CT molecular complexity index is 366. The number of nitrogens with one attached hydrogen (secondary N) is 1. The van der Waals surface area contributed by atoms with E-state index in [4.69, 9.17) is 9.84 Å². The first kappa shape index (κ1) is 19.6. The summed E-state index contributed by atoms with van der Waals surface area (Å²) in [5.41, 5.74) is -0.680. The van der Waals surface area contributed by atoms with Crippen molar-refractivity contribution < 1.29 is 29.0 Å². The molecule has 0 saturated heterocycles. The Hall–Kier alpha value is -1.44. The van der Waals surface area contributed by atoms with Crippen molar-refractivity contribution in [3.63, 3.8) is 0 Å². The molecule has 0 fully saturated rings. The molecule has 0 radical (unpaired) electrons. The predicted molar refractivity (Wildman–Crippen MR) is 79.4 cm³/mol. The Balaban J connectivity index is 4.06. The molecule has 21 heavy (non-hydrogen) atoms. The van der Waals surface area contributed by atoms with Gasteiger partial charge in [-0.3, -0.25) is 4.79 Å². The summed E-state index contributed by atoms with van der Waals surface area (Å²) >= 11 is 1.34. The number of rotatable bonds is 8. The average molecular weight is 321 g/mol. The smallest absolute Gasteiger partial charge is 0.408 e. The summed E-state index contributed by atoms with van der Waals surface area (Å²) in [5, 5.41) is 11.4. The highest BCUT2D eigenvalue weighted by atomic mass is 32.2. The number of methoxy groups -OCH3 is 1. The Morgan fingerprint density at radius 3 is 2.38 bits per heavy atom. The highest BCUT2D eigenvalue weighted by Gasteiger charge is 2.23. The van der Waals surface area contributed by atoms with Crippen molar-refractivity contribution >= 4 is 29.8 Å². The topological polar surface area (TPSA) is 102 Å². The Labute approximate surface area is 128 Å². The maximum absolute atomic E-state index is 11.5. The van der Waals surface area contributed by atoms with Gasteiger partial charge < -0.3 is 19.9 Å². The second-order valence-corrected chi connectivity index (χ2v) is 6.44. The Morgan fingerprint density at radius 1 is 1.29 bits per heavy atom. The van der Waals surface area contributed by atoms with Gasteiger partial charge in [0.25, 0.3) is 0 Å². The molecule has 0 saturated carbocycles. The van der Waals surface area contributed by atoms with Gasteiger partial charge in [-0.05, 0) is 32.9 Å². The lowest BCUT2D eigenvalue weighted by molar-refractivity contribution is -0.141. The predicted octanol–water partition coefficient (Wildman–Crippen LogP) is 1.65. The van der Waals surface area contributed by atoms with Crippen LogP contribution in [0.1, 0.15) is 33.6 Å². The SMILES string of the molecule is COC(=O)CCCSC[C@H](NC(=O)OC(C)(C)C)C(=O)O. The van der Waals surface area contributed by atoms with E-state index in [-0.39, 0.29) is 11.7 Å². The van der Waals surface area contributed by atoms with E-state index in [1.807, 2.05) is 0 Å². The van der Waals surface area contributed by atoms with Gasteiger partial charge >= 0.3 is 18.0 Å². The largest absolute Gasteiger partial charge is 0.480 e. The van der Waals surface area contributed by atoms with E-state index in [1.54, 1.807) is 20.8 Å². The van der Waals surface area contributed by atoms with Gasteiger partial charge in [0.05, 0.1) is 7.11 Å². The molecule has 0 bridgehead atoms. The molecule has 2 N–H and O–H groups in total. The molecule has 0 aromatic rings. The fourth-order valence-electron chi connectivity index (χ4n) is 1.25. The van der Waals surface area contributed by atoms with Crippen molar-refractivity contribution in [2.24, 2.45) is 0 Å². The minimum Gasteiger partial charge on any atom is -0.480 e. The molecule has 0 unspecified atom stereocenters. The van der Waals surface area contributed by atoms with Gasteiger partial charge in [-0.2, -0.15) is 11.8 Å². The summed E-state index contributed by atoms with van der Waals surface area (Å²) < 4.78 is 9.51. The minimum absolute atomic E-state index is 0.204. The quantitative estimate of drug-likeness (QED) is 0.517. The van der Waals surface area contributed by atoms with Crippen LogP contribution in [-0.4, -0.2) is 53.4 Å². The zero-order valence-electron chi connectivity index (χ0n) is 12.8. The number of carboxylic acid groups (broad SMARTS) is 1. The van der Waals surface area contributed by atoms with Crippen molar-refractivity contribution in [1.82, 2.24) is 5.32 Å². The van der Waals surface area contributed by atoms with Gasteiger partial charge in [-0.1, -0.05) is 0 Å². The van der Waals surface area contributed by atoms with Crippen molar-refractivity contribution in [1.29, 1.82) is 0 Å². The number of carbonyl (C=O) groups is 3. The second-order valence-electron chi connectivity index (χ2n) is 5.29. The molecule has 0 rings (SSSR count). The molecule has 1 amide bonds. The van der Waals surface area contributed by atoms with E-state index in [9.17, 15) is 14.4 Å². The fraction of sp³-hybridized carbons (Fsp3) is 0.769. The van der Waals surface area contributed by atoms with Crippen LogP contribution < -0.4 is 5.32 Å². The molecule has 1 atom stereocenters. The van der Waals surface area contributed by atoms with Crippen LogP contribution in [0.15, 0.2) is 0 Å². The lowest BCUT2D eigenvalue weighted by atomic mass is 10.2. The summed E-state index contributed by atoms with van der Waals surface area (Å²) in [4.78, 5) is 33.5. The standard InChI is InChI=1S/C13H23NO6S/c1-13(2,3)20-12(18)14-9(11(16)17)8-21-7-5-6-10(15)19-4/h9H,5-8H2,1-4H3,(H,14,18)(H,16,17)/t9-/m0/s1. The number of aliphatic carboxylic acids is 1. The van der Waals surface area contributed by atoms with Crippen LogP contribution in [-0.2, 0) is 19.1 Å². The molecule has 0 aromatic heterocycles. The molecule has 122 valence electrons. The molecule has 7 nitrogen and oxygen atoms in total. The third-order valence-electron chi connectivity index (χ3n) is 2.17. The number of amides is 1. The van der Waals surface area contributed by atoms with Crippen LogP contribution in [0.5, 0.6) is 0 Å². The van der Waals surface area contributed by atoms with Gasteiger partial charge in [0.1, 0.15) is 11.6 Å². The van der Waals surface area contributed by atoms with Crippen LogP contribution in [0.25, 0.3) is 0 Å². The summed E-state index contributed by atoms with van der Waals surface area (Å²) in [7, 11) is 1.32. The van der Waals surface area contributed by atoms with Crippen LogP contribution in [0.4, 0.5) is 4.79 Å². The molecule has 0 spiro atoms. The molecular formula is C13H23NO6S. The molecular weight excluding hydrogens is 298 g/mol. The third kappa shape index (κ3) is 10.9. The summed E-state index contributed by atoms with van der Waals surface area (Å²) in [5.74, 6) is -0.608. The van der Waals surface area contributed by atoms with Gasteiger partial charge in [-0.15, -0.1) is 0 Å². The monoisotopic (exact) mass is 321 g/mol. The van der Waals surface area contributed by atoms with E-state index in [0.29, 0.717) is 18.6 Å². The fourth-order valence-corrected chi connectivity index (χ4v) is 2.22. The third-order valence-corrected chi connectivity index (χ3v) is 3.32. The second kappa shape index (κ2) is 9.49. The van der Waals surface area contributed by atoms with Gasteiger partial charge in [0, 0.05) is 12.2 Å². The number of carboxylic acids is 1. The maximum Gasteiger partial charge on any atom is 0.408 e. The van der Waals surface area contributed by atoms with Crippen molar-refractivity contribution in [3.05, 3.63) is 0 Å². The summed E-state index contributed by atoms with van der Waals surface area (Å²) in [6.07, 6.45) is 0.127. The first-order chi connectivity index (χ1) is 9.65. The molecule has 0 heterocycles. The lowest BCUT2D eigenvalue weighted by Crippen LogP contribution is -2.45. The van der Waals surface area contributed by atoms with Crippen LogP contribution in [0.3, 0.4) is 0 Å². The maximum atomic E-state index is 11.5. The van der Waals surface area contributed by atoms with Crippen LogP contribution in [0.2, 0.25) is 0 Å². The minimum atomic E-state index is -1.12. The van der Waals surface area contributed by atoms with E-state index in [1.165, 1.54) is 18.9 Å². The molecule has 8 heteroatoms.